The molecule has 0 unspecified atom stereocenters. The van der Waals surface area contributed by atoms with Crippen LogP contribution in [0.25, 0.3) is 0 Å². The van der Waals surface area contributed by atoms with Crippen molar-refractivity contribution in [1.82, 2.24) is 0 Å². The standard InChI is InChI=1S/C14H9Cl2FO3S/c15-9-4-5-12(13(16)6-9)14(18)8-21(19,20)11-3-1-2-10(17)7-11/h1-7H,8H2. The molecule has 110 valence electrons. The normalized spacial score (nSPS) is 11.4. The lowest BCUT2D eigenvalue weighted by molar-refractivity contribution is 0.102. The lowest BCUT2D eigenvalue weighted by Gasteiger charge is -2.06. The van der Waals surface area contributed by atoms with Crippen molar-refractivity contribution in [3.05, 3.63) is 63.9 Å². The number of Topliss-reactive ketones (excluding diaryl/α,β-unsaturated/α-hetero) is 1. The van der Waals surface area contributed by atoms with Crippen molar-refractivity contribution < 1.29 is 17.6 Å². The minimum atomic E-state index is -3.94. The number of sulfone groups is 1. The van der Waals surface area contributed by atoms with E-state index >= 15 is 0 Å². The van der Waals surface area contributed by atoms with E-state index in [0.717, 1.165) is 12.1 Å². The van der Waals surface area contributed by atoms with Gasteiger partial charge in [0.25, 0.3) is 0 Å². The fourth-order valence-corrected chi connectivity index (χ4v) is 3.47. The molecule has 0 amide bonds. The van der Waals surface area contributed by atoms with Gasteiger partial charge in [-0.15, -0.1) is 0 Å². The molecule has 0 heterocycles. The molecule has 0 fully saturated rings. The second-order valence-electron chi connectivity index (χ2n) is 4.26. The third-order valence-electron chi connectivity index (χ3n) is 2.71. The van der Waals surface area contributed by atoms with Gasteiger partial charge in [0.2, 0.25) is 0 Å². The summed E-state index contributed by atoms with van der Waals surface area (Å²) >= 11 is 11.6. The molecule has 2 rings (SSSR count). The lowest BCUT2D eigenvalue weighted by atomic mass is 10.1. The molecular formula is C14H9Cl2FO3S. The first kappa shape index (κ1) is 15.9. The number of benzene rings is 2. The minimum Gasteiger partial charge on any atom is -0.293 e. The van der Waals surface area contributed by atoms with Gasteiger partial charge in [0, 0.05) is 10.6 Å². The summed E-state index contributed by atoms with van der Waals surface area (Å²) in [5.74, 6) is -2.16. The largest absolute Gasteiger partial charge is 0.293 e. The van der Waals surface area contributed by atoms with E-state index < -0.39 is 27.2 Å². The smallest absolute Gasteiger partial charge is 0.185 e. The molecule has 21 heavy (non-hydrogen) atoms. The van der Waals surface area contributed by atoms with Crippen LogP contribution in [-0.2, 0) is 9.84 Å². The predicted molar refractivity (Wildman–Crippen MR) is 79.2 cm³/mol. The van der Waals surface area contributed by atoms with E-state index in [2.05, 4.69) is 0 Å². The molecule has 0 spiro atoms. The van der Waals surface area contributed by atoms with E-state index in [-0.39, 0.29) is 15.5 Å². The van der Waals surface area contributed by atoms with Gasteiger partial charge in [-0.3, -0.25) is 4.79 Å². The fourth-order valence-electron chi connectivity index (χ4n) is 1.71. The summed E-state index contributed by atoms with van der Waals surface area (Å²) in [4.78, 5) is 11.8. The van der Waals surface area contributed by atoms with Gasteiger partial charge in [0.15, 0.2) is 15.6 Å². The highest BCUT2D eigenvalue weighted by Gasteiger charge is 2.22. The average molecular weight is 347 g/mol. The van der Waals surface area contributed by atoms with Crippen molar-refractivity contribution in [3.8, 4) is 0 Å². The van der Waals surface area contributed by atoms with Crippen LogP contribution in [-0.4, -0.2) is 20.0 Å². The number of rotatable bonds is 4. The molecular weight excluding hydrogens is 338 g/mol. The van der Waals surface area contributed by atoms with Crippen LogP contribution >= 0.6 is 23.2 Å². The molecule has 2 aromatic rings. The Hall–Kier alpha value is -1.43. The molecule has 2 aromatic carbocycles. The molecule has 0 aliphatic rings. The first-order valence-electron chi connectivity index (χ1n) is 5.76. The van der Waals surface area contributed by atoms with Crippen LogP contribution in [0.5, 0.6) is 0 Å². The summed E-state index contributed by atoms with van der Waals surface area (Å²) in [6.45, 7) is 0. The van der Waals surface area contributed by atoms with Crippen LogP contribution in [0.15, 0.2) is 47.4 Å². The van der Waals surface area contributed by atoms with Crippen molar-refractivity contribution in [2.45, 2.75) is 4.90 Å². The van der Waals surface area contributed by atoms with Crippen LogP contribution in [0.4, 0.5) is 4.39 Å². The number of carbonyl (C=O) groups excluding carboxylic acids is 1. The number of carbonyl (C=O) groups is 1. The minimum absolute atomic E-state index is 0.0565. The predicted octanol–water partition coefficient (Wildman–Crippen LogP) is 3.79. The first-order chi connectivity index (χ1) is 9.79. The van der Waals surface area contributed by atoms with Gasteiger partial charge in [-0.05, 0) is 36.4 Å². The highest BCUT2D eigenvalue weighted by atomic mass is 35.5. The average Bonchev–Trinajstić information content (AvgIpc) is 2.37. The van der Waals surface area contributed by atoms with E-state index in [0.29, 0.717) is 5.02 Å². The van der Waals surface area contributed by atoms with E-state index in [1.165, 1.54) is 30.3 Å². The highest BCUT2D eigenvalue weighted by Crippen LogP contribution is 2.23. The van der Waals surface area contributed by atoms with Gasteiger partial charge >= 0.3 is 0 Å². The van der Waals surface area contributed by atoms with Gasteiger partial charge in [0.1, 0.15) is 11.6 Å². The molecule has 0 aliphatic heterocycles. The Bertz CT molecular complexity index is 804. The zero-order valence-electron chi connectivity index (χ0n) is 10.5. The van der Waals surface area contributed by atoms with Crippen LogP contribution in [0.1, 0.15) is 10.4 Å². The Labute approximate surface area is 131 Å². The zero-order chi connectivity index (χ0) is 15.6. The maximum Gasteiger partial charge on any atom is 0.185 e. The second kappa shape index (κ2) is 6.13. The summed E-state index contributed by atoms with van der Waals surface area (Å²) in [6, 6.07) is 8.63. The summed E-state index contributed by atoms with van der Waals surface area (Å²) in [5, 5.41) is 0.409. The summed E-state index contributed by atoms with van der Waals surface area (Å²) in [5.41, 5.74) is 0.0565. The third-order valence-corrected chi connectivity index (χ3v) is 4.87. The quantitative estimate of drug-likeness (QED) is 0.791. The van der Waals surface area contributed by atoms with Crippen molar-refractivity contribution >= 4 is 38.8 Å². The zero-order valence-corrected chi connectivity index (χ0v) is 12.8. The van der Waals surface area contributed by atoms with Gasteiger partial charge in [0.05, 0.1) is 9.92 Å². The summed E-state index contributed by atoms with van der Waals surface area (Å²) in [7, 11) is -3.94. The first-order valence-corrected chi connectivity index (χ1v) is 8.17. The third kappa shape index (κ3) is 3.81. The number of hydrogen-bond acceptors (Lipinski definition) is 3. The number of halogens is 3. The van der Waals surface area contributed by atoms with Crippen LogP contribution in [0.2, 0.25) is 10.0 Å². The van der Waals surface area contributed by atoms with Gasteiger partial charge in [-0.1, -0.05) is 29.3 Å². The summed E-state index contributed by atoms with van der Waals surface area (Å²) in [6.07, 6.45) is 0. The van der Waals surface area contributed by atoms with E-state index in [1.54, 1.807) is 0 Å². The SMILES string of the molecule is O=C(CS(=O)(=O)c1cccc(F)c1)c1ccc(Cl)cc1Cl. The Kier molecular flexibility index (Phi) is 4.66. The Morgan fingerprint density at radius 3 is 2.43 bits per heavy atom. The molecule has 0 saturated heterocycles. The van der Waals surface area contributed by atoms with E-state index in [4.69, 9.17) is 23.2 Å². The van der Waals surface area contributed by atoms with Crippen molar-refractivity contribution in [2.24, 2.45) is 0 Å². The topological polar surface area (TPSA) is 51.2 Å². The van der Waals surface area contributed by atoms with E-state index in [1.807, 2.05) is 0 Å². The van der Waals surface area contributed by atoms with E-state index in [9.17, 15) is 17.6 Å². The maximum absolute atomic E-state index is 13.1. The van der Waals surface area contributed by atoms with Crippen LogP contribution < -0.4 is 0 Å². The van der Waals surface area contributed by atoms with Crippen molar-refractivity contribution in [1.29, 1.82) is 0 Å². The van der Waals surface area contributed by atoms with Gasteiger partial charge in [-0.2, -0.15) is 0 Å². The maximum atomic E-state index is 13.1. The van der Waals surface area contributed by atoms with Crippen LogP contribution in [0, 0.1) is 5.82 Å². The van der Waals surface area contributed by atoms with Crippen LogP contribution in [0.3, 0.4) is 0 Å². The lowest BCUT2D eigenvalue weighted by Crippen LogP contribution is -2.17. The number of hydrogen-bond donors (Lipinski definition) is 0. The molecule has 0 N–H and O–H groups in total. The Balaban J connectivity index is 2.30. The molecule has 3 nitrogen and oxygen atoms in total. The molecule has 0 saturated carbocycles. The second-order valence-corrected chi connectivity index (χ2v) is 7.10. The molecule has 0 aliphatic carbocycles. The molecule has 0 radical (unpaired) electrons. The molecule has 7 heteroatoms. The van der Waals surface area contributed by atoms with Gasteiger partial charge < -0.3 is 0 Å². The molecule has 0 bridgehead atoms. The van der Waals surface area contributed by atoms with Crippen molar-refractivity contribution in [2.75, 3.05) is 5.75 Å². The molecule has 0 aromatic heterocycles. The molecule has 0 atom stereocenters. The highest BCUT2D eigenvalue weighted by molar-refractivity contribution is 7.92. The van der Waals surface area contributed by atoms with Crippen molar-refractivity contribution in [3.63, 3.8) is 0 Å². The Morgan fingerprint density at radius 1 is 1.10 bits per heavy atom. The van der Waals surface area contributed by atoms with Gasteiger partial charge in [-0.25, -0.2) is 12.8 Å². The Morgan fingerprint density at radius 2 is 1.81 bits per heavy atom. The fraction of sp³-hybridized carbons (Fsp3) is 0.0714. The summed E-state index contributed by atoms with van der Waals surface area (Å²) < 4.78 is 37.3. The monoisotopic (exact) mass is 346 g/mol. The number of ketones is 1.